The first-order chi connectivity index (χ1) is 21.6. The summed E-state index contributed by atoms with van der Waals surface area (Å²) in [4.78, 5) is 24.8. The van der Waals surface area contributed by atoms with Crippen molar-refractivity contribution in [1.82, 2.24) is 0 Å². The molecule has 12 nitrogen and oxygen atoms in total. The number of ether oxygens (including phenoxy) is 10. The lowest BCUT2D eigenvalue weighted by Gasteiger charge is -2.49. The summed E-state index contributed by atoms with van der Waals surface area (Å²) in [5, 5.41) is 0. The molecule has 45 heavy (non-hydrogen) atoms. The Morgan fingerprint density at radius 1 is 0.778 bits per heavy atom. The first kappa shape index (κ1) is 32.0. The van der Waals surface area contributed by atoms with Crippen LogP contribution < -0.4 is 0 Å². The third kappa shape index (κ3) is 7.23. The Morgan fingerprint density at radius 3 is 2.11 bits per heavy atom. The fourth-order valence-electron chi connectivity index (χ4n) is 6.22. The second-order valence-corrected chi connectivity index (χ2v) is 12.0. The molecular formula is C33H40O12. The SMILES string of the molecule is CC(=O)O[C@@H]1[C@@H](OC(C)=O)[C@H](O[C@H]2[C@H](OCc3ccccc3)O[C@H](C)[C@@H]3OC(C)(C)O[C@@H]32)O[C@@H]2CO[C@@H](c3ccccc3)O[C@@H]12. The Bertz CT molecular complexity index is 1310. The Morgan fingerprint density at radius 2 is 1.42 bits per heavy atom. The average Bonchev–Trinajstić information content (AvgIpc) is 3.35. The number of hydrogen-bond acceptors (Lipinski definition) is 12. The van der Waals surface area contributed by atoms with Gasteiger partial charge in [0.15, 0.2) is 36.9 Å². The molecule has 2 aromatic rings. The van der Waals surface area contributed by atoms with E-state index in [0.717, 1.165) is 11.1 Å². The summed E-state index contributed by atoms with van der Waals surface area (Å²) in [7, 11) is 0. The van der Waals surface area contributed by atoms with E-state index in [2.05, 4.69) is 0 Å². The minimum absolute atomic E-state index is 0.0967. The van der Waals surface area contributed by atoms with E-state index in [0.29, 0.717) is 0 Å². The monoisotopic (exact) mass is 628 g/mol. The molecule has 4 aliphatic heterocycles. The first-order valence-electron chi connectivity index (χ1n) is 15.2. The normalized spacial score (nSPS) is 37.2. The Hall–Kier alpha value is -2.94. The second kappa shape index (κ2) is 13.4. The number of esters is 2. The predicted molar refractivity (Wildman–Crippen MR) is 154 cm³/mol. The van der Waals surface area contributed by atoms with Crippen LogP contribution in [0.1, 0.15) is 52.0 Å². The molecule has 0 aromatic heterocycles. The van der Waals surface area contributed by atoms with E-state index in [4.69, 9.17) is 47.4 Å². The van der Waals surface area contributed by atoms with Crippen LogP contribution in [0.3, 0.4) is 0 Å². The Balaban J connectivity index is 1.29. The van der Waals surface area contributed by atoms with Gasteiger partial charge in [0.05, 0.1) is 19.3 Å². The van der Waals surface area contributed by atoms with Gasteiger partial charge < -0.3 is 47.4 Å². The standard InChI is InChI=1S/C33H40O12/c1-18-24-27(45-33(4,5)44-24)29(31(38-18)36-16-21-12-8-6-9-13-21)43-32-28(40-20(3)35)26(39-19(2)34)25-23(41-32)17-37-30(42-25)22-14-10-7-11-15-22/h6-15,18,23-32H,16-17H2,1-5H3/t18-,23-,24+,25-,26+,27+,28-,29-,30-,31-,32+/m1/s1. The van der Waals surface area contributed by atoms with Gasteiger partial charge in [-0.05, 0) is 26.3 Å². The molecule has 12 heteroatoms. The molecule has 4 fully saturated rings. The van der Waals surface area contributed by atoms with Gasteiger partial charge in [-0.1, -0.05) is 60.7 Å². The van der Waals surface area contributed by atoms with Crippen molar-refractivity contribution in [3.05, 3.63) is 71.8 Å². The van der Waals surface area contributed by atoms with E-state index in [9.17, 15) is 9.59 Å². The molecule has 11 atom stereocenters. The molecule has 0 amide bonds. The lowest BCUT2D eigenvalue weighted by molar-refractivity contribution is -0.387. The molecule has 0 spiro atoms. The first-order valence-corrected chi connectivity index (χ1v) is 15.2. The number of benzene rings is 2. The third-order valence-electron chi connectivity index (χ3n) is 8.08. The lowest BCUT2D eigenvalue weighted by Crippen LogP contribution is -2.66. The van der Waals surface area contributed by atoms with Crippen LogP contribution in [0.5, 0.6) is 0 Å². The maximum atomic E-state index is 12.4. The van der Waals surface area contributed by atoms with Crippen LogP contribution in [-0.4, -0.2) is 85.7 Å². The summed E-state index contributed by atoms with van der Waals surface area (Å²) < 4.78 is 61.9. The summed E-state index contributed by atoms with van der Waals surface area (Å²) in [5.41, 5.74) is 1.71. The van der Waals surface area contributed by atoms with Gasteiger partial charge in [0.25, 0.3) is 0 Å². The third-order valence-corrected chi connectivity index (χ3v) is 8.08. The highest BCUT2D eigenvalue weighted by Crippen LogP contribution is 2.42. The highest BCUT2D eigenvalue weighted by atomic mass is 16.8. The summed E-state index contributed by atoms with van der Waals surface area (Å²) in [6, 6.07) is 19.0. The smallest absolute Gasteiger partial charge is 0.303 e. The number of rotatable bonds is 8. The number of hydrogen-bond donors (Lipinski definition) is 0. The van der Waals surface area contributed by atoms with Crippen molar-refractivity contribution < 1.29 is 57.0 Å². The van der Waals surface area contributed by atoms with Crippen molar-refractivity contribution in [2.75, 3.05) is 6.61 Å². The van der Waals surface area contributed by atoms with Crippen LogP contribution in [0.4, 0.5) is 0 Å². The molecule has 6 rings (SSSR count). The summed E-state index contributed by atoms with van der Waals surface area (Å²) in [6.07, 6.45) is -9.13. The van der Waals surface area contributed by atoms with E-state index < -0.39 is 79.3 Å². The molecule has 4 saturated heterocycles. The fourth-order valence-corrected chi connectivity index (χ4v) is 6.22. The van der Waals surface area contributed by atoms with E-state index in [1.165, 1.54) is 13.8 Å². The van der Waals surface area contributed by atoms with Crippen LogP contribution in [-0.2, 0) is 63.6 Å². The number of carbonyl (C=O) groups excluding carboxylic acids is 2. The Labute approximate surface area is 262 Å². The molecule has 0 saturated carbocycles. The molecule has 2 aromatic carbocycles. The van der Waals surface area contributed by atoms with Crippen LogP contribution >= 0.6 is 0 Å². The van der Waals surface area contributed by atoms with E-state index in [1.54, 1.807) is 0 Å². The summed E-state index contributed by atoms with van der Waals surface area (Å²) >= 11 is 0. The zero-order valence-corrected chi connectivity index (χ0v) is 25.9. The molecule has 0 radical (unpaired) electrons. The maximum Gasteiger partial charge on any atom is 0.303 e. The predicted octanol–water partition coefficient (Wildman–Crippen LogP) is 3.56. The molecule has 0 N–H and O–H groups in total. The molecular weight excluding hydrogens is 588 g/mol. The van der Waals surface area contributed by atoms with Gasteiger partial charge in [0.1, 0.15) is 30.5 Å². The lowest BCUT2D eigenvalue weighted by atomic mass is 9.96. The van der Waals surface area contributed by atoms with Gasteiger partial charge in [-0.15, -0.1) is 0 Å². The average molecular weight is 629 g/mol. The highest BCUT2D eigenvalue weighted by molar-refractivity contribution is 5.67. The van der Waals surface area contributed by atoms with E-state index in [1.807, 2.05) is 81.4 Å². The van der Waals surface area contributed by atoms with Crippen LogP contribution in [0.25, 0.3) is 0 Å². The molecule has 0 unspecified atom stereocenters. The van der Waals surface area contributed by atoms with Crippen molar-refractivity contribution in [2.45, 2.75) is 115 Å². The van der Waals surface area contributed by atoms with Crippen LogP contribution in [0.15, 0.2) is 60.7 Å². The molecule has 4 aliphatic rings. The van der Waals surface area contributed by atoms with Gasteiger partial charge in [-0.2, -0.15) is 0 Å². The van der Waals surface area contributed by atoms with Gasteiger partial charge in [-0.3, -0.25) is 9.59 Å². The molecule has 4 heterocycles. The zero-order valence-electron chi connectivity index (χ0n) is 25.9. The van der Waals surface area contributed by atoms with Crippen molar-refractivity contribution in [1.29, 1.82) is 0 Å². The van der Waals surface area contributed by atoms with Gasteiger partial charge in [0.2, 0.25) is 0 Å². The van der Waals surface area contributed by atoms with Crippen molar-refractivity contribution >= 4 is 11.9 Å². The quantitative estimate of drug-likeness (QED) is 0.397. The van der Waals surface area contributed by atoms with Gasteiger partial charge in [0, 0.05) is 19.4 Å². The number of fused-ring (bicyclic) bond motifs is 2. The molecule has 0 bridgehead atoms. The number of carbonyl (C=O) groups is 2. The van der Waals surface area contributed by atoms with Crippen LogP contribution in [0, 0.1) is 0 Å². The van der Waals surface area contributed by atoms with Gasteiger partial charge in [-0.25, -0.2) is 0 Å². The minimum Gasteiger partial charge on any atom is -0.455 e. The minimum atomic E-state index is -1.24. The summed E-state index contributed by atoms with van der Waals surface area (Å²) in [5.74, 6) is -2.13. The molecule has 0 aliphatic carbocycles. The summed E-state index contributed by atoms with van der Waals surface area (Å²) in [6.45, 7) is 8.39. The van der Waals surface area contributed by atoms with Gasteiger partial charge >= 0.3 is 11.9 Å². The zero-order chi connectivity index (χ0) is 31.7. The Kier molecular flexibility index (Phi) is 9.55. The van der Waals surface area contributed by atoms with E-state index in [-0.39, 0.29) is 19.3 Å². The highest BCUT2D eigenvalue weighted by Gasteiger charge is 2.59. The maximum absolute atomic E-state index is 12.4. The fraction of sp³-hybridized carbons (Fsp3) is 0.576. The largest absolute Gasteiger partial charge is 0.455 e. The van der Waals surface area contributed by atoms with Crippen molar-refractivity contribution in [2.24, 2.45) is 0 Å². The van der Waals surface area contributed by atoms with Crippen LogP contribution in [0.2, 0.25) is 0 Å². The second-order valence-electron chi connectivity index (χ2n) is 12.0. The van der Waals surface area contributed by atoms with Crippen molar-refractivity contribution in [3.63, 3.8) is 0 Å². The topological polar surface area (TPSA) is 126 Å². The molecule has 244 valence electrons. The van der Waals surface area contributed by atoms with Crippen molar-refractivity contribution in [3.8, 4) is 0 Å². The van der Waals surface area contributed by atoms with E-state index >= 15 is 0 Å².